The first kappa shape index (κ1) is 14.8. The smallest absolute Gasteiger partial charge is 0.214 e. The normalized spacial score (nSPS) is 13.0. The number of oxazole rings is 1. The summed E-state index contributed by atoms with van der Waals surface area (Å²) in [5, 5.41) is -0.297. The topological polar surface area (TPSA) is 43.9 Å². The molecule has 0 N–H and O–H groups in total. The van der Waals surface area contributed by atoms with Crippen molar-refractivity contribution in [3.8, 4) is 0 Å². The van der Waals surface area contributed by atoms with Crippen LogP contribution in [0.25, 0.3) is 11.0 Å². The molecule has 1 unspecified atom stereocenters. The maximum atomic E-state index is 13.9. The molecular weight excluding hydrogens is 408 g/mol. The van der Waals surface area contributed by atoms with Crippen molar-refractivity contribution in [1.82, 2.24) is 14.5 Å². The molecule has 7 heteroatoms. The van der Waals surface area contributed by atoms with E-state index in [1.807, 2.05) is 41.0 Å². The lowest BCUT2D eigenvalue weighted by atomic mass is 10.3. The number of halogens is 3. The van der Waals surface area contributed by atoms with Crippen LogP contribution in [0.3, 0.4) is 0 Å². The van der Waals surface area contributed by atoms with E-state index in [1.165, 1.54) is 6.07 Å². The Morgan fingerprint density at radius 1 is 1.48 bits per heavy atom. The molecule has 0 aliphatic rings. The van der Waals surface area contributed by atoms with Gasteiger partial charge < -0.3 is 8.98 Å². The van der Waals surface area contributed by atoms with Crippen LogP contribution in [0.4, 0.5) is 4.39 Å². The molecule has 1 atom stereocenters. The van der Waals surface area contributed by atoms with Crippen LogP contribution in [0.2, 0.25) is 0 Å². The minimum atomic E-state index is -0.297. The fourth-order valence-electron chi connectivity index (χ4n) is 2.22. The van der Waals surface area contributed by atoms with Crippen LogP contribution in [-0.4, -0.2) is 14.5 Å². The molecule has 1 aromatic carbocycles. The molecular formula is C14H12ClFIN3O. The molecule has 21 heavy (non-hydrogen) atoms. The molecule has 0 aliphatic heterocycles. The Balaban J connectivity index is 2.17. The van der Waals surface area contributed by atoms with Crippen LogP contribution in [-0.2, 0) is 6.54 Å². The molecule has 2 heterocycles. The monoisotopic (exact) mass is 419 g/mol. The van der Waals surface area contributed by atoms with E-state index < -0.39 is 0 Å². The predicted octanol–water partition coefficient (Wildman–Crippen LogP) is 4.42. The van der Waals surface area contributed by atoms with Gasteiger partial charge in [-0.3, -0.25) is 0 Å². The quantitative estimate of drug-likeness (QED) is 0.466. The lowest BCUT2D eigenvalue weighted by Crippen LogP contribution is -2.06. The summed E-state index contributed by atoms with van der Waals surface area (Å²) in [5.41, 5.74) is 1.40. The van der Waals surface area contributed by atoms with E-state index in [9.17, 15) is 4.39 Å². The number of rotatable bonds is 3. The second-order valence-electron chi connectivity index (χ2n) is 4.79. The Morgan fingerprint density at radius 3 is 2.86 bits per heavy atom. The predicted molar refractivity (Wildman–Crippen MR) is 87.0 cm³/mol. The van der Waals surface area contributed by atoms with Crippen LogP contribution in [0.5, 0.6) is 0 Å². The Labute approximate surface area is 139 Å². The highest BCUT2D eigenvalue weighted by molar-refractivity contribution is 14.1. The van der Waals surface area contributed by atoms with Gasteiger partial charge in [0.05, 0.1) is 26.2 Å². The molecule has 0 spiro atoms. The molecule has 3 aromatic rings. The lowest BCUT2D eigenvalue weighted by Gasteiger charge is -2.08. The SMILES string of the molecule is Cc1cnc(Cn2c(C(C)Cl)nc3cc(I)c(F)cc32)o1. The van der Waals surface area contributed by atoms with Crippen molar-refractivity contribution in [2.75, 3.05) is 0 Å². The summed E-state index contributed by atoms with van der Waals surface area (Å²) in [6.45, 7) is 4.04. The number of hydrogen-bond acceptors (Lipinski definition) is 3. The summed E-state index contributed by atoms with van der Waals surface area (Å²) in [4.78, 5) is 8.69. The van der Waals surface area contributed by atoms with E-state index in [0.717, 1.165) is 5.76 Å². The third-order valence-corrected chi connectivity index (χ3v) is 4.16. The highest BCUT2D eigenvalue weighted by Gasteiger charge is 2.18. The third kappa shape index (κ3) is 2.78. The second-order valence-corrected chi connectivity index (χ2v) is 6.61. The molecule has 4 nitrogen and oxygen atoms in total. The minimum Gasteiger partial charge on any atom is -0.444 e. The third-order valence-electron chi connectivity index (χ3n) is 3.14. The Hall–Kier alpha value is -1.15. The zero-order valence-corrected chi connectivity index (χ0v) is 14.3. The van der Waals surface area contributed by atoms with Crippen LogP contribution < -0.4 is 0 Å². The van der Waals surface area contributed by atoms with E-state index >= 15 is 0 Å². The van der Waals surface area contributed by atoms with E-state index in [4.69, 9.17) is 16.0 Å². The van der Waals surface area contributed by atoms with E-state index in [1.54, 1.807) is 12.3 Å². The summed E-state index contributed by atoms with van der Waals surface area (Å²) < 4.78 is 21.7. The van der Waals surface area contributed by atoms with Gasteiger partial charge in [0.25, 0.3) is 0 Å². The summed E-state index contributed by atoms with van der Waals surface area (Å²) in [5.74, 6) is 1.67. The molecule has 0 fully saturated rings. The fourth-order valence-corrected chi connectivity index (χ4v) is 2.84. The first-order chi connectivity index (χ1) is 9.95. The Morgan fingerprint density at radius 2 is 2.24 bits per heavy atom. The Kier molecular flexibility index (Phi) is 3.92. The largest absolute Gasteiger partial charge is 0.444 e. The number of aromatic nitrogens is 3. The zero-order chi connectivity index (χ0) is 15.1. The number of hydrogen-bond donors (Lipinski definition) is 0. The zero-order valence-electron chi connectivity index (χ0n) is 11.4. The summed E-state index contributed by atoms with van der Waals surface area (Å²) >= 11 is 8.15. The molecule has 3 rings (SSSR count). The molecule has 110 valence electrons. The van der Waals surface area contributed by atoms with Crippen LogP contribution in [0.1, 0.15) is 29.8 Å². The van der Waals surface area contributed by atoms with Crippen LogP contribution in [0, 0.1) is 16.3 Å². The van der Waals surface area contributed by atoms with Gasteiger partial charge in [0.15, 0.2) is 0 Å². The average Bonchev–Trinajstić information content (AvgIpc) is 2.96. The highest BCUT2D eigenvalue weighted by Crippen LogP contribution is 2.27. The van der Waals surface area contributed by atoms with Crippen molar-refractivity contribution in [2.24, 2.45) is 0 Å². The number of alkyl halides is 1. The number of fused-ring (bicyclic) bond motifs is 1. The fraction of sp³-hybridized carbons (Fsp3) is 0.286. The average molecular weight is 420 g/mol. The van der Waals surface area contributed by atoms with Gasteiger partial charge in [-0.15, -0.1) is 11.6 Å². The molecule has 0 radical (unpaired) electrons. The van der Waals surface area contributed by atoms with Gasteiger partial charge in [0, 0.05) is 6.07 Å². The molecule has 0 aliphatic carbocycles. The molecule has 0 saturated heterocycles. The first-order valence-corrected chi connectivity index (χ1v) is 7.88. The summed E-state index contributed by atoms with van der Waals surface area (Å²) in [6.07, 6.45) is 1.65. The van der Waals surface area contributed by atoms with E-state index in [2.05, 4.69) is 9.97 Å². The van der Waals surface area contributed by atoms with Gasteiger partial charge in [-0.1, -0.05) is 0 Å². The van der Waals surface area contributed by atoms with Gasteiger partial charge >= 0.3 is 0 Å². The van der Waals surface area contributed by atoms with Gasteiger partial charge in [0.2, 0.25) is 5.89 Å². The number of imidazole rings is 1. The summed E-state index contributed by atoms with van der Waals surface area (Å²) in [6, 6.07) is 3.19. The van der Waals surface area contributed by atoms with Crippen molar-refractivity contribution in [3.05, 3.63) is 45.2 Å². The Bertz CT molecular complexity index is 812. The van der Waals surface area contributed by atoms with E-state index in [-0.39, 0.29) is 11.2 Å². The standard InChI is InChI=1S/C14H12ClFIN3O/c1-7-5-18-13(21-7)6-20-12-3-9(16)10(17)4-11(12)19-14(20)8(2)15/h3-5,8H,6H2,1-2H3. The first-order valence-electron chi connectivity index (χ1n) is 6.36. The minimum absolute atomic E-state index is 0.276. The molecule has 2 aromatic heterocycles. The summed E-state index contributed by atoms with van der Waals surface area (Å²) in [7, 11) is 0. The van der Waals surface area contributed by atoms with Crippen molar-refractivity contribution < 1.29 is 8.81 Å². The molecule has 0 bridgehead atoms. The molecule has 0 amide bonds. The highest BCUT2D eigenvalue weighted by atomic mass is 127. The number of benzene rings is 1. The van der Waals surface area contributed by atoms with Crippen LogP contribution >= 0.6 is 34.2 Å². The van der Waals surface area contributed by atoms with Crippen molar-refractivity contribution >= 4 is 45.2 Å². The molecule has 0 saturated carbocycles. The van der Waals surface area contributed by atoms with Crippen LogP contribution in [0.15, 0.2) is 22.7 Å². The van der Waals surface area contributed by atoms with Gasteiger partial charge in [0.1, 0.15) is 23.9 Å². The van der Waals surface area contributed by atoms with Gasteiger partial charge in [-0.05, 0) is 42.5 Å². The second kappa shape index (κ2) is 5.57. The lowest BCUT2D eigenvalue weighted by molar-refractivity contribution is 0.456. The van der Waals surface area contributed by atoms with Gasteiger partial charge in [-0.25, -0.2) is 14.4 Å². The number of nitrogens with zero attached hydrogens (tertiary/aromatic N) is 3. The van der Waals surface area contributed by atoms with Crippen molar-refractivity contribution in [3.63, 3.8) is 0 Å². The maximum Gasteiger partial charge on any atom is 0.214 e. The van der Waals surface area contributed by atoms with Gasteiger partial charge in [-0.2, -0.15) is 0 Å². The maximum absolute atomic E-state index is 13.9. The van der Waals surface area contributed by atoms with Crippen molar-refractivity contribution in [1.29, 1.82) is 0 Å². The van der Waals surface area contributed by atoms with Crippen molar-refractivity contribution in [2.45, 2.75) is 25.8 Å². The number of aryl methyl sites for hydroxylation is 1. The van der Waals surface area contributed by atoms with E-state index in [0.29, 0.717) is 32.9 Å².